The number of aromatic amines is 1. The Morgan fingerprint density at radius 1 is 0.828 bits per heavy atom. The van der Waals surface area contributed by atoms with Crippen molar-refractivity contribution in [1.29, 1.82) is 0 Å². The van der Waals surface area contributed by atoms with Crippen molar-refractivity contribution in [3.63, 3.8) is 0 Å². The average molecular weight is 382 g/mol. The summed E-state index contributed by atoms with van der Waals surface area (Å²) in [6.07, 6.45) is 1.81. The van der Waals surface area contributed by atoms with Crippen LogP contribution in [-0.4, -0.2) is 15.9 Å². The molecule has 144 valence electrons. The predicted octanol–water partition coefficient (Wildman–Crippen LogP) is 4.86. The van der Waals surface area contributed by atoms with Crippen molar-refractivity contribution in [2.24, 2.45) is 0 Å². The molecule has 0 unspecified atom stereocenters. The van der Waals surface area contributed by atoms with Gasteiger partial charge in [-0.2, -0.15) is 0 Å². The number of hydrogen-bond acceptors (Lipinski definition) is 3. The van der Waals surface area contributed by atoms with Gasteiger partial charge in [0, 0.05) is 13.1 Å². The number of benzene rings is 3. The maximum Gasteiger partial charge on any atom is 0.303 e. The van der Waals surface area contributed by atoms with Crippen molar-refractivity contribution in [1.82, 2.24) is 9.97 Å². The fourth-order valence-electron chi connectivity index (χ4n) is 3.78. The van der Waals surface area contributed by atoms with Crippen LogP contribution < -0.4 is 0 Å². The number of carbonyl (C=O) groups is 1. The molecule has 0 fully saturated rings. The van der Waals surface area contributed by atoms with Crippen molar-refractivity contribution in [3.8, 4) is 0 Å². The molecule has 0 aliphatic rings. The Bertz CT molecular complexity index is 977. The van der Waals surface area contributed by atoms with Gasteiger partial charge in [0.15, 0.2) is 0 Å². The summed E-state index contributed by atoms with van der Waals surface area (Å²) in [6.45, 7) is 1.54. The van der Waals surface area contributed by atoms with Crippen LogP contribution in [0.3, 0.4) is 0 Å². The molecule has 0 aliphatic heterocycles. The highest BCUT2D eigenvalue weighted by atomic mass is 16.5. The second-order valence-corrected chi connectivity index (χ2v) is 6.87. The first-order chi connectivity index (χ1) is 14.2. The molecule has 3 aromatic carbocycles. The molecular weight excluding hydrogens is 360 g/mol. The molecule has 1 N–H and O–H groups in total. The van der Waals surface area contributed by atoms with E-state index < -0.39 is 5.41 Å². The van der Waals surface area contributed by atoms with Gasteiger partial charge in [-0.1, -0.05) is 91.0 Å². The predicted molar refractivity (Wildman–Crippen MR) is 112 cm³/mol. The zero-order chi connectivity index (χ0) is 20.1. The lowest BCUT2D eigenvalue weighted by Gasteiger charge is -2.34. The molecule has 0 saturated heterocycles. The van der Waals surface area contributed by atoms with Crippen molar-refractivity contribution >= 4 is 5.97 Å². The Morgan fingerprint density at radius 2 is 1.28 bits per heavy atom. The van der Waals surface area contributed by atoms with Crippen LogP contribution in [0, 0.1) is 0 Å². The van der Waals surface area contributed by atoms with Crippen molar-refractivity contribution in [2.45, 2.75) is 18.9 Å². The molecule has 0 atom stereocenters. The molecule has 29 heavy (non-hydrogen) atoms. The van der Waals surface area contributed by atoms with E-state index in [4.69, 9.17) is 9.72 Å². The number of esters is 1. The summed E-state index contributed by atoms with van der Waals surface area (Å²) < 4.78 is 5.15. The molecule has 0 amide bonds. The van der Waals surface area contributed by atoms with E-state index in [1.807, 2.05) is 60.8 Å². The van der Waals surface area contributed by atoms with Crippen LogP contribution in [0.5, 0.6) is 0 Å². The van der Waals surface area contributed by atoms with Gasteiger partial charge < -0.3 is 9.72 Å². The quantitative estimate of drug-likeness (QED) is 0.383. The van der Waals surface area contributed by atoms with E-state index in [0.717, 1.165) is 22.5 Å². The van der Waals surface area contributed by atoms with Gasteiger partial charge in [0.2, 0.25) is 0 Å². The second-order valence-electron chi connectivity index (χ2n) is 6.87. The van der Waals surface area contributed by atoms with Gasteiger partial charge in [0.05, 0.1) is 5.69 Å². The van der Waals surface area contributed by atoms with E-state index in [1.54, 1.807) is 0 Å². The van der Waals surface area contributed by atoms with E-state index in [9.17, 15) is 4.79 Å². The van der Waals surface area contributed by atoms with Gasteiger partial charge in [0.1, 0.15) is 17.8 Å². The molecule has 0 bridgehead atoms. The van der Waals surface area contributed by atoms with Crippen LogP contribution in [0.15, 0.2) is 97.2 Å². The number of hydrogen-bond donors (Lipinski definition) is 1. The molecule has 4 heteroatoms. The summed E-state index contributed by atoms with van der Waals surface area (Å²) in [4.78, 5) is 19.4. The van der Waals surface area contributed by atoms with E-state index in [0.29, 0.717) is 5.69 Å². The van der Waals surface area contributed by atoms with Gasteiger partial charge in [-0.05, 0) is 16.7 Å². The standard InChI is InChI=1S/C25H22N2O2/c1-19(28)29-18-23-17-26-24(27-23)25(20-11-5-2-6-12-20,21-13-7-3-8-14-21)22-15-9-4-10-16-22/h2-17H,18H2,1H3,(H,26,27). The number of aromatic nitrogens is 2. The highest BCUT2D eigenvalue weighted by molar-refractivity contribution is 5.65. The SMILES string of the molecule is CC(=O)OCc1c[nH]c(C(c2ccccc2)(c2ccccc2)c2ccccc2)n1. The number of ether oxygens (including phenoxy) is 1. The monoisotopic (exact) mass is 382 g/mol. The summed E-state index contributed by atoms with van der Waals surface area (Å²) in [7, 11) is 0. The fraction of sp³-hybridized carbons (Fsp3) is 0.120. The number of imidazole rings is 1. The summed E-state index contributed by atoms with van der Waals surface area (Å²) in [6, 6.07) is 31.0. The minimum absolute atomic E-state index is 0.139. The number of nitrogens with one attached hydrogen (secondary N) is 1. The molecule has 1 heterocycles. The molecule has 0 aliphatic carbocycles. The first-order valence-electron chi connectivity index (χ1n) is 9.56. The van der Waals surface area contributed by atoms with E-state index >= 15 is 0 Å². The normalized spacial score (nSPS) is 11.2. The third kappa shape index (κ3) is 3.57. The zero-order valence-electron chi connectivity index (χ0n) is 16.2. The van der Waals surface area contributed by atoms with E-state index in [2.05, 4.69) is 41.4 Å². The number of carbonyl (C=O) groups excluding carboxylic acids is 1. The number of H-pyrrole nitrogens is 1. The van der Waals surface area contributed by atoms with Crippen LogP contribution in [0.2, 0.25) is 0 Å². The fourth-order valence-corrected chi connectivity index (χ4v) is 3.78. The van der Waals surface area contributed by atoms with Crippen LogP contribution in [0.4, 0.5) is 0 Å². The minimum Gasteiger partial charge on any atom is -0.459 e. The van der Waals surface area contributed by atoms with Crippen molar-refractivity contribution in [3.05, 3.63) is 125 Å². The van der Waals surface area contributed by atoms with Gasteiger partial charge in [-0.15, -0.1) is 0 Å². The van der Waals surface area contributed by atoms with Gasteiger partial charge in [0.25, 0.3) is 0 Å². The van der Waals surface area contributed by atoms with Crippen LogP contribution in [0.25, 0.3) is 0 Å². The highest BCUT2D eigenvalue weighted by Gasteiger charge is 2.40. The van der Waals surface area contributed by atoms with Crippen molar-refractivity contribution < 1.29 is 9.53 Å². The third-order valence-electron chi connectivity index (χ3n) is 5.03. The second kappa shape index (κ2) is 8.15. The largest absolute Gasteiger partial charge is 0.459 e. The minimum atomic E-state index is -0.627. The topological polar surface area (TPSA) is 55.0 Å². The molecule has 0 radical (unpaired) electrons. The average Bonchev–Trinajstić information content (AvgIpc) is 3.24. The maximum atomic E-state index is 11.2. The Hall–Kier alpha value is -3.66. The zero-order valence-corrected chi connectivity index (χ0v) is 16.2. The smallest absolute Gasteiger partial charge is 0.303 e. The summed E-state index contributed by atoms with van der Waals surface area (Å²) in [5.41, 5.74) is 3.36. The van der Waals surface area contributed by atoms with Gasteiger partial charge in [-0.25, -0.2) is 4.98 Å². The molecule has 4 aromatic rings. The lowest BCUT2D eigenvalue weighted by Crippen LogP contribution is -2.32. The lowest BCUT2D eigenvalue weighted by atomic mass is 9.69. The molecule has 4 nitrogen and oxygen atoms in total. The first-order valence-corrected chi connectivity index (χ1v) is 9.56. The molecule has 0 saturated carbocycles. The van der Waals surface area contributed by atoms with Crippen molar-refractivity contribution in [2.75, 3.05) is 0 Å². The Kier molecular flexibility index (Phi) is 5.25. The molecule has 1 aromatic heterocycles. The summed E-state index contributed by atoms with van der Waals surface area (Å²) in [5, 5.41) is 0. The first kappa shape index (κ1) is 18.7. The van der Waals surface area contributed by atoms with Gasteiger partial charge in [-0.3, -0.25) is 4.79 Å². The molecule has 4 rings (SSSR count). The van der Waals surface area contributed by atoms with E-state index in [1.165, 1.54) is 6.92 Å². The maximum absolute atomic E-state index is 11.2. The number of nitrogens with zero attached hydrogens (tertiary/aromatic N) is 1. The Balaban J connectivity index is 1.97. The van der Waals surface area contributed by atoms with Crippen LogP contribution in [-0.2, 0) is 21.6 Å². The third-order valence-corrected chi connectivity index (χ3v) is 5.03. The number of rotatable bonds is 6. The molecular formula is C25H22N2O2. The Morgan fingerprint density at radius 3 is 1.69 bits per heavy atom. The summed E-state index contributed by atoms with van der Waals surface area (Å²) >= 11 is 0. The van der Waals surface area contributed by atoms with Crippen LogP contribution in [0.1, 0.15) is 35.1 Å². The lowest BCUT2D eigenvalue weighted by molar-refractivity contribution is -0.142. The highest BCUT2D eigenvalue weighted by Crippen LogP contribution is 2.43. The Labute approximate surface area is 170 Å². The van der Waals surface area contributed by atoms with Gasteiger partial charge >= 0.3 is 5.97 Å². The molecule has 0 spiro atoms. The summed E-state index contributed by atoms with van der Waals surface area (Å²) in [5.74, 6) is 0.457. The van der Waals surface area contributed by atoms with E-state index in [-0.39, 0.29) is 12.6 Å². The van der Waals surface area contributed by atoms with Crippen LogP contribution >= 0.6 is 0 Å².